The van der Waals surface area contributed by atoms with Gasteiger partial charge in [-0.2, -0.15) is 0 Å². The van der Waals surface area contributed by atoms with E-state index in [-0.39, 0.29) is 6.61 Å². The average molecular weight is 316 g/mol. The Morgan fingerprint density at radius 1 is 1.20 bits per heavy atom. The molecule has 1 heterocycles. The molecule has 0 aliphatic carbocycles. The van der Waals surface area contributed by atoms with Crippen molar-refractivity contribution in [1.82, 2.24) is 0 Å². The van der Waals surface area contributed by atoms with Gasteiger partial charge >= 0.3 is 0 Å². The van der Waals surface area contributed by atoms with E-state index in [0.717, 1.165) is 5.76 Å². The molecule has 4 nitrogen and oxygen atoms in total. The first-order valence-corrected chi connectivity index (χ1v) is 6.88. The van der Waals surface area contributed by atoms with Crippen LogP contribution in [0.25, 0.3) is 0 Å². The fourth-order valence-corrected chi connectivity index (χ4v) is 2.17. The second-order valence-corrected chi connectivity index (χ2v) is 5.04. The van der Waals surface area contributed by atoms with E-state index in [1.807, 2.05) is 6.07 Å². The zero-order valence-electron chi connectivity index (χ0n) is 10.7. The summed E-state index contributed by atoms with van der Waals surface area (Å²) >= 11 is 12.0. The first kappa shape index (κ1) is 15.2. The summed E-state index contributed by atoms with van der Waals surface area (Å²) in [5, 5.41) is 13.9. The van der Waals surface area contributed by atoms with Gasteiger partial charge in [0, 0.05) is 6.54 Å². The topological polar surface area (TPSA) is 54.6 Å². The summed E-state index contributed by atoms with van der Waals surface area (Å²) in [5.41, 5.74) is 0.612. The molecule has 0 spiro atoms. The molecule has 2 N–H and O–H groups in total. The van der Waals surface area contributed by atoms with Crippen LogP contribution < -0.4 is 5.32 Å². The Labute approximate surface area is 127 Å². The van der Waals surface area contributed by atoms with Crippen molar-refractivity contribution < 1.29 is 14.3 Å². The second kappa shape index (κ2) is 7.55. The van der Waals surface area contributed by atoms with Crippen LogP contribution in [-0.4, -0.2) is 24.4 Å². The Balaban J connectivity index is 1.73. The molecule has 1 aromatic heterocycles. The average Bonchev–Trinajstić information content (AvgIpc) is 2.91. The summed E-state index contributed by atoms with van der Waals surface area (Å²) in [4.78, 5) is 0. The maximum Gasteiger partial charge on any atom is 0.129 e. The molecule has 0 saturated carbocycles. The van der Waals surface area contributed by atoms with Crippen molar-refractivity contribution in [3.8, 4) is 0 Å². The van der Waals surface area contributed by atoms with Gasteiger partial charge in [-0.25, -0.2) is 0 Å². The molecule has 108 valence electrons. The summed E-state index contributed by atoms with van der Waals surface area (Å²) in [5.74, 6) is 0.722. The zero-order chi connectivity index (χ0) is 14.4. The lowest BCUT2D eigenvalue weighted by Gasteiger charge is -2.14. The third-order valence-electron chi connectivity index (χ3n) is 2.61. The molecular formula is C14H15Cl2NO3. The van der Waals surface area contributed by atoms with Gasteiger partial charge in [0.2, 0.25) is 0 Å². The Hall–Kier alpha value is -1.20. The number of furan rings is 1. The standard InChI is InChI=1S/C14H15Cl2NO3/c15-12-4-1-5-13(16)14(12)17-7-10(18)8-19-9-11-3-2-6-20-11/h1-6,10,17-18H,7-9H2. The predicted octanol–water partition coefficient (Wildman–Crippen LogP) is 3.58. The van der Waals surface area contributed by atoms with E-state index in [9.17, 15) is 5.11 Å². The van der Waals surface area contributed by atoms with Crippen LogP contribution in [0, 0.1) is 0 Å². The third-order valence-corrected chi connectivity index (χ3v) is 3.24. The molecule has 2 rings (SSSR count). The summed E-state index contributed by atoms with van der Waals surface area (Å²) in [7, 11) is 0. The highest BCUT2D eigenvalue weighted by Crippen LogP contribution is 2.29. The normalized spacial score (nSPS) is 12.3. The first-order chi connectivity index (χ1) is 9.66. The summed E-state index contributed by atoms with van der Waals surface area (Å²) in [6, 6.07) is 8.83. The van der Waals surface area contributed by atoms with Crippen LogP contribution in [-0.2, 0) is 11.3 Å². The van der Waals surface area contributed by atoms with E-state index in [4.69, 9.17) is 32.4 Å². The SMILES string of the molecule is OC(CNc1c(Cl)cccc1Cl)COCc1ccco1. The highest BCUT2D eigenvalue weighted by Gasteiger charge is 2.09. The minimum Gasteiger partial charge on any atom is -0.467 e. The van der Waals surface area contributed by atoms with Gasteiger partial charge in [-0.1, -0.05) is 29.3 Å². The molecule has 20 heavy (non-hydrogen) atoms. The minimum absolute atomic E-state index is 0.190. The number of aliphatic hydroxyl groups excluding tert-OH is 1. The third kappa shape index (κ3) is 4.42. The van der Waals surface area contributed by atoms with Crippen LogP contribution in [0.15, 0.2) is 41.0 Å². The summed E-state index contributed by atoms with van der Waals surface area (Å²) in [6.45, 7) is 0.814. The molecular weight excluding hydrogens is 301 g/mol. The van der Waals surface area contributed by atoms with Crippen LogP contribution in [0.2, 0.25) is 10.0 Å². The second-order valence-electron chi connectivity index (χ2n) is 4.23. The van der Waals surface area contributed by atoms with Gasteiger partial charge in [0.05, 0.1) is 34.7 Å². The predicted molar refractivity (Wildman–Crippen MR) is 79.3 cm³/mol. The van der Waals surface area contributed by atoms with Crippen LogP contribution >= 0.6 is 23.2 Å². The fraction of sp³-hybridized carbons (Fsp3) is 0.286. The van der Waals surface area contributed by atoms with Crippen molar-refractivity contribution in [2.75, 3.05) is 18.5 Å². The van der Waals surface area contributed by atoms with Crippen molar-refractivity contribution >= 4 is 28.9 Å². The van der Waals surface area contributed by atoms with E-state index in [0.29, 0.717) is 28.9 Å². The van der Waals surface area contributed by atoms with Gasteiger partial charge in [0.15, 0.2) is 0 Å². The van der Waals surface area contributed by atoms with Gasteiger partial charge in [-0.15, -0.1) is 0 Å². The molecule has 0 saturated heterocycles. The number of hydrogen-bond acceptors (Lipinski definition) is 4. The number of hydrogen-bond donors (Lipinski definition) is 2. The molecule has 6 heteroatoms. The highest BCUT2D eigenvalue weighted by molar-refractivity contribution is 6.39. The zero-order valence-corrected chi connectivity index (χ0v) is 12.2. The fourth-order valence-electron chi connectivity index (χ4n) is 1.64. The minimum atomic E-state index is -0.669. The molecule has 0 aliphatic rings. The van der Waals surface area contributed by atoms with Crippen molar-refractivity contribution in [3.63, 3.8) is 0 Å². The van der Waals surface area contributed by atoms with E-state index in [2.05, 4.69) is 5.32 Å². The number of nitrogens with one attached hydrogen (secondary N) is 1. The molecule has 0 aliphatic heterocycles. The monoisotopic (exact) mass is 315 g/mol. The van der Waals surface area contributed by atoms with E-state index in [1.165, 1.54) is 0 Å². The van der Waals surface area contributed by atoms with Gasteiger partial charge in [0.25, 0.3) is 0 Å². The van der Waals surface area contributed by atoms with Crippen molar-refractivity contribution in [2.24, 2.45) is 0 Å². The highest BCUT2D eigenvalue weighted by atomic mass is 35.5. The molecule has 2 aromatic rings. The van der Waals surface area contributed by atoms with Crippen molar-refractivity contribution in [3.05, 3.63) is 52.4 Å². The van der Waals surface area contributed by atoms with Crippen molar-refractivity contribution in [1.29, 1.82) is 0 Å². The van der Waals surface area contributed by atoms with E-state index >= 15 is 0 Å². The number of rotatable bonds is 7. The number of halogens is 2. The molecule has 0 bridgehead atoms. The van der Waals surface area contributed by atoms with Gasteiger partial charge < -0.3 is 19.6 Å². The van der Waals surface area contributed by atoms with Crippen molar-refractivity contribution in [2.45, 2.75) is 12.7 Å². The lowest BCUT2D eigenvalue weighted by molar-refractivity contribution is 0.0282. The first-order valence-electron chi connectivity index (χ1n) is 6.13. The summed E-state index contributed by atoms with van der Waals surface area (Å²) in [6.07, 6.45) is 0.910. The van der Waals surface area contributed by atoms with Crippen LogP contribution in [0.1, 0.15) is 5.76 Å². The lowest BCUT2D eigenvalue weighted by atomic mass is 10.3. The van der Waals surface area contributed by atoms with Gasteiger partial charge in [-0.05, 0) is 24.3 Å². The van der Waals surface area contributed by atoms with Gasteiger partial charge in [0.1, 0.15) is 12.4 Å². The Bertz CT molecular complexity index is 511. The quantitative estimate of drug-likeness (QED) is 0.820. The Kier molecular flexibility index (Phi) is 5.73. The number of aliphatic hydroxyl groups is 1. The van der Waals surface area contributed by atoms with Gasteiger partial charge in [-0.3, -0.25) is 0 Å². The number of ether oxygens (including phenoxy) is 1. The van der Waals surface area contributed by atoms with E-state index < -0.39 is 6.10 Å². The molecule has 0 radical (unpaired) electrons. The molecule has 1 aromatic carbocycles. The van der Waals surface area contributed by atoms with Crippen LogP contribution in [0.4, 0.5) is 5.69 Å². The molecule has 0 fully saturated rings. The molecule has 0 amide bonds. The number of para-hydroxylation sites is 1. The Morgan fingerprint density at radius 3 is 2.60 bits per heavy atom. The molecule has 1 atom stereocenters. The lowest BCUT2D eigenvalue weighted by Crippen LogP contribution is -2.25. The maximum absolute atomic E-state index is 9.82. The van der Waals surface area contributed by atoms with Crippen LogP contribution in [0.3, 0.4) is 0 Å². The number of benzene rings is 1. The Morgan fingerprint density at radius 2 is 1.95 bits per heavy atom. The van der Waals surface area contributed by atoms with Crippen LogP contribution in [0.5, 0.6) is 0 Å². The molecule has 1 unspecified atom stereocenters. The summed E-state index contributed by atoms with van der Waals surface area (Å²) < 4.78 is 10.5. The number of anilines is 1. The largest absolute Gasteiger partial charge is 0.467 e. The van der Waals surface area contributed by atoms with E-state index in [1.54, 1.807) is 30.5 Å². The maximum atomic E-state index is 9.82. The smallest absolute Gasteiger partial charge is 0.129 e.